The van der Waals surface area contributed by atoms with Crippen LogP contribution in [0.3, 0.4) is 0 Å². The van der Waals surface area contributed by atoms with E-state index in [4.69, 9.17) is 0 Å². The third-order valence-electron chi connectivity index (χ3n) is 2.33. The van der Waals surface area contributed by atoms with Crippen LogP contribution < -0.4 is 5.32 Å². The minimum atomic E-state index is -0.521. The molecule has 1 N–H and O–H groups in total. The first-order valence-electron chi connectivity index (χ1n) is 5.43. The minimum absolute atomic E-state index is 0.100. The molecule has 0 heterocycles. The molecule has 6 heteroatoms. The van der Waals surface area contributed by atoms with Gasteiger partial charge < -0.3 is 5.32 Å². The molecule has 0 spiro atoms. The molecule has 0 aliphatic carbocycles. The number of anilines is 1. The van der Waals surface area contributed by atoms with Crippen molar-refractivity contribution < 1.29 is 9.31 Å². The number of nitrogens with one attached hydrogen (secondary N) is 1. The van der Waals surface area contributed by atoms with E-state index in [-0.39, 0.29) is 15.8 Å². The number of nitrogens with zero attached hydrogens (tertiary/aromatic N) is 1. The van der Waals surface area contributed by atoms with E-state index in [1.54, 1.807) is 0 Å². The highest BCUT2D eigenvalue weighted by molar-refractivity contribution is 9.10. The fourth-order valence-corrected chi connectivity index (χ4v) is 1.76. The Morgan fingerprint density at radius 2 is 2.18 bits per heavy atom. The van der Waals surface area contributed by atoms with Gasteiger partial charge in [-0.15, -0.1) is 0 Å². The third kappa shape index (κ3) is 3.96. The minimum Gasteiger partial charge on any atom is -0.379 e. The fourth-order valence-electron chi connectivity index (χ4n) is 1.43. The molecule has 0 atom stereocenters. The van der Waals surface area contributed by atoms with E-state index >= 15 is 0 Å². The lowest BCUT2D eigenvalue weighted by molar-refractivity contribution is -0.384. The standard InChI is InChI=1S/C11H14BrFN2O2/c1-2-3-4-5-14-10-7-9(13)8(12)6-11(10)15(16)17/h6-7,14H,2-5H2,1H3. The van der Waals surface area contributed by atoms with E-state index in [2.05, 4.69) is 28.2 Å². The number of nitro groups is 1. The van der Waals surface area contributed by atoms with Crippen molar-refractivity contribution in [3.8, 4) is 0 Å². The fraction of sp³-hybridized carbons (Fsp3) is 0.455. The second kappa shape index (κ2) is 6.54. The van der Waals surface area contributed by atoms with Crippen LogP contribution in [-0.2, 0) is 0 Å². The van der Waals surface area contributed by atoms with Gasteiger partial charge in [-0.25, -0.2) is 4.39 Å². The molecule has 0 radical (unpaired) electrons. The van der Waals surface area contributed by atoms with Gasteiger partial charge in [-0.3, -0.25) is 10.1 Å². The molecule has 1 aromatic carbocycles. The van der Waals surface area contributed by atoms with E-state index in [1.807, 2.05) is 0 Å². The van der Waals surface area contributed by atoms with Crippen molar-refractivity contribution in [2.75, 3.05) is 11.9 Å². The van der Waals surface area contributed by atoms with Crippen LogP contribution in [0.15, 0.2) is 16.6 Å². The van der Waals surface area contributed by atoms with Crippen molar-refractivity contribution in [3.63, 3.8) is 0 Å². The largest absolute Gasteiger partial charge is 0.379 e. The molecular formula is C11H14BrFN2O2. The Morgan fingerprint density at radius 1 is 1.47 bits per heavy atom. The molecule has 0 unspecified atom stereocenters. The molecule has 0 amide bonds. The molecule has 0 aliphatic rings. The Labute approximate surface area is 107 Å². The summed E-state index contributed by atoms with van der Waals surface area (Å²) in [6, 6.07) is 2.33. The van der Waals surface area contributed by atoms with Gasteiger partial charge in [0.2, 0.25) is 0 Å². The maximum Gasteiger partial charge on any atom is 0.293 e. The van der Waals surface area contributed by atoms with E-state index < -0.39 is 10.7 Å². The quantitative estimate of drug-likeness (QED) is 0.489. The van der Waals surface area contributed by atoms with Gasteiger partial charge in [0.05, 0.1) is 9.40 Å². The zero-order valence-electron chi connectivity index (χ0n) is 9.50. The molecule has 0 bridgehead atoms. The lowest BCUT2D eigenvalue weighted by Crippen LogP contribution is -2.05. The normalized spacial score (nSPS) is 10.3. The van der Waals surface area contributed by atoms with Crippen LogP contribution >= 0.6 is 15.9 Å². The van der Waals surface area contributed by atoms with Gasteiger partial charge in [0.25, 0.3) is 5.69 Å². The van der Waals surface area contributed by atoms with E-state index in [0.717, 1.165) is 25.3 Å². The molecule has 0 aromatic heterocycles. The number of rotatable bonds is 6. The van der Waals surface area contributed by atoms with Crippen LogP contribution in [0.2, 0.25) is 0 Å². The van der Waals surface area contributed by atoms with Crippen LogP contribution in [0.1, 0.15) is 26.2 Å². The van der Waals surface area contributed by atoms with Gasteiger partial charge in [-0.1, -0.05) is 19.8 Å². The number of halogens is 2. The van der Waals surface area contributed by atoms with Gasteiger partial charge in [-0.2, -0.15) is 0 Å². The van der Waals surface area contributed by atoms with Gasteiger partial charge in [0.1, 0.15) is 11.5 Å². The average molecular weight is 305 g/mol. The summed E-state index contributed by atoms with van der Waals surface area (Å²) in [7, 11) is 0. The number of nitro benzene ring substituents is 1. The summed E-state index contributed by atoms with van der Waals surface area (Å²) in [4.78, 5) is 10.3. The number of hydrogen-bond acceptors (Lipinski definition) is 3. The van der Waals surface area contributed by atoms with E-state index in [1.165, 1.54) is 6.07 Å². The third-order valence-corrected chi connectivity index (χ3v) is 2.94. The molecule has 94 valence electrons. The van der Waals surface area contributed by atoms with Crippen LogP contribution in [0, 0.1) is 15.9 Å². The predicted octanol–water partition coefficient (Wildman–Crippen LogP) is 4.10. The summed E-state index contributed by atoms with van der Waals surface area (Å²) < 4.78 is 13.4. The molecule has 17 heavy (non-hydrogen) atoms. The molecule has 0 fully saturated rings. The summed E-state index contributed by atoms with van der Waals surface area (Å²) in [5, 5.41) is 13.7. The van der Waals surface area contributed by atoms with Crippen molar-refractivity contribution in [1.82, 2.24) is 0 Å². The van der Waals surface area contributed by atoms with Crippen molar-refractivity contribution >= 4 is 27.3 Å². The highest BCUT2D eigenvalue weighted by atomic mass is 79.9. The molecule has 1 aromatic rings. The molecule has 0 aliphatic heterocycles. The number of unbranched alkanes of at least 4 members (excludes halogenated alkanes) is 2. The smallest absolute Gasteiger partial charge is 0.293 e. The number of hydrogen-bond donors (Lipinski definition) is 1. The Morgan fingerprint density at radius 3 is 2.76 bits per heavy atom. The van der Waals surface area contributed by atoms with Crippen LogP contribution in [0.25, 0.3) is 0 Å². The topological polar surface area (TPSA) is 55.2 Å². The zero-order chi connectivity index (χ0) is 12.8. The summed E-state index contributed by atoms with van der Waals surface area (Å²) in [5.41, 5.74) is 0.113. The summed E-state index contributed by atoms with van der Waals surface area (Å²) in [5.74, 6) is -0.506. The Hall–Kier alpha value is -1.17. The maximum atomic E-state index is 13.3. The first-order chi connectivity index (χ1) is 8.06. The SMILES string of the molecule is CCCCCNc1cc(F)c(Br)cc1[N+](=O)[O-]. The summed E-state index contributed by atoms with van der Waals surface area (Å²) in [6.45, 7) is 2.68. The Balaban J connectivity index is 2.81. The van der Waals surface area contributed by atoms with Gasteiger partial charge in [-0.05, 0) is 22.4 Å². The molecule has 0 saturated heterocycles. The molecule has 4 nitrogen and oxygen atoms in total. The molecular weight excluding hydrogens is 291 g/mol. The lowest BCUT2D eigenvalue weighted by Gasteiger charge is -2.07. The average Bonchev–Trinajstić information content (AvgIpc) is 2.28. The van der Waals surface area contributed by atoms with Gasteiger partial charge >= 0.3 is 0 Å². The van der Waals surface area contributed by atoms with Gasteiger partial charge in [0.15, 0.2) is 0 Å². The van der Waals surface area contributed by atoms with Crippen LogP contribution in [0.4, 0.5) is 15.8 Å². The first-order valence-corrected chi connectivity index (χ1v) is 6.23. The van der Waals surface area contributed by atoms with Gasteiger partial charge in [0, 0.05) is 18.7 Å². The summed E-state index contributed by atoms with van der Waals surface area (Å²) in [6.07, 6.45) is 3.02. The van der Waals surface area contributed by atoms with Crippen molar-refractivity contribution in [2.45, 2.75) is 26.2 Å². The van der Waals surface area contributed by atoms with Crippen molar-refractivity contribution in [2.24, 2.45) is 0 Å². The maximum absolute atomic E-state index is 13.3. The summed E-state index contributed by atoms with van der Waals surface area (Å²) >= 11 is 2.93. The molecule has 0 saturated carbocycles. The lowest BCUT2D eigenvalue weighted by atomic mass is 10.2. The Kier molecular flexibility index (Phi) is 5.34. The first kappa shape index (κ1) is 13.9. The Bertz CT molecular complexity index is 413. The number of benzene rings is 1. The second-order valence-electron chi connectivity index (χ2n) is 3.67. The van der Waals surface area contributed by atoms with Crippen LogP contribution in [-0.4, -0.2) is 11.5 Å². The van der Waals surface area contributed by atoms with Crippen LogP contribution in [0.5, 0.6) is 0 Å². The second-order valence-corrected chi connectivity index (χ2v) is 4.53. The van der Waals surface area contributed by atoms with E-state index in [0.29, 0.717) is 6.54 Å². The predicted molar refractivity (Wildman–Crippen MR) is 68.8 cm³/mol. The highest BCUT2D eigenvalue weighted by Gasteiger charge is 2.16. The zero-order valence-corrected chi connectivity index (χ0v) is 11.1. The van der Waals surface area contributed by atoms with Crippen molar-refractivity contribution in [3.05, 3.63) is 32.5 Å². The molecule has 1 rings (SSSR count). The monoisotopic (exact) mass is 304 g/mol. The highest BCUT2D eigenvalue weighted by Crippen LogP contribution is 2.30. The van der Waals surface area contributed by atoms with E-state index in [9.17, 15) is 14.5 Å². The van der Waals surface area contributed by atoms with Crippen molar-refractivity contribution in [1.29, 1.82) is 0 Å².